The van der Waals surface area contributed by atoms with Gasteiger partial charge < -0.3 is 20.9 Å². The second-order valence-corrected chi connectivity index (χ2v) is 4.65. The van der Waals surface area contributed by atoms with Gasteiger partial charge in [-0.3, -0.25) is 9.59 Å². The van der Waals surface area contributed by atoms with Gasteiger partial charge in [-0.2, -0.15) is 0 Å². The van der Waals surface area contributed by atoms with E-state index in [0.29, 0.717) is 0 Å². The van der Waals surface area contributed by atoms with Gasteiger partial charge in [0.15, 0.2) is 0 Å². The number of carboxylic acid groups (broad SMARTS) is 1. The highest BCUT2D eigenvalue weighted by Gasteiger charge is 2.12. The van der Waals surface area contributed by atoms with Crippen LogP contribution < -0.4 is 11.1 Å². The predicted octanol–water partition coefficient (Wildman–Crippen LogP) is 1.86. The van der Waals surface area contributed by atoms with Crippen molar-refractivity contribution in [3.63, 3.8) is 0 Å². The van der Waals surface area contributed by atoms with Gasteiger partial charge in [-0.05, 0) is 31.9 Å². The lowest BCUT2D eigenvalue weighted by atomic mass is 10.1. The van der Waals surface area contributed by atoms with Gasteiger partial charge in [0.25, 0.3) is 0 Å². The Balaban J connectivity index is 0.000000472. The van der Waals surface area contributed by atoms with Crippen molar-refractivity contribution in [1.29, 1.82) is 0 Å². The van der Waals surface area contributed by atoms with E-state index in [4.69, 9.17) is 10.8 Å². The maximum absolute atomic E-state index is 10.7. The van der Waals surface area contributed by atoms with E-state index in [1.165, 1.54) is 6.08 Å². The molecular weight excluding hydrogens is 284 g/mol. The number of hydrogen-bond donors (Lipinski definition) is 3. The van der Waals surface area contributed by atoms with Crippen LogP contribution in [-0.4, -0.2) is 36.2 Å². The summed E-state index contributed by atoms with van der Waals surface area (Å²) in [6.07, 6.45) is 1.49. The van der Waals surface area contributed by atoms with E-state index in [2.05, 4.69) is 16.6 Å². The van der Waals surface area contributed by atoms with Crippen LogP contribution in [0.1, 0.15) is 18.1 Å². The van der Waals surface area contributed by atoms with Crippen molar-refractivity contribution in [2.45, 2.75) is 26.8 Å². The number of anilines is 1. The first-order chi connectivity index (χ1) is 10.3. The molecule has 1 atom stereocenters. The number of carboxylic acids is 1. The molecule has 0 saturated heterocycles. The molecule has 0 bridgehead atoms. The van der Waals surface area contributed by atoms with Crippen LogP contribution in [0.2, 0.25) is 0 Å². The minimum absolute atomic E-state index is 0.0617. The molecule has 1 rings (SSSR count). The van der Waals surface area contributed by atoms with Crippen LogP contribution in [0.5, 0.6) is 0 Å². The van der Waals surface area contributed by atoms with Crippen molar-refractivity contribution in [1.82, 2.24) is 0 Å². The SMILES string of the molecule is C=CCOC(=O)CN.Cc1cccc(C)c1N[C@@H](C)C(=O)O. The summed E-state index contributed by atoms with van der Waals surface area (Å²) in [4.78, 5) is 20.8. The number of esters is 1. The van der Waals surface area contributed by atoms with Crippen molar-refractivity contribution in [3.05, 3.63) is 42.0 Å². The van der Waals surface area contributed by atoms with Gasteiger partial charge >= 0.3 is 11.9 Å². The summed E-state index contributed by atoms with van der Waals surface area (Å²) in [5, 5.41) is 11.7. The molecule has 4 N–H and O–H groups in total. The third-order valence-electron chi connectivity index (χ3n) is 2.74. The van der Waals surface area contributed by atoms with Crippen molar-refractivity contribution in [2.24, 2.45) is 5.73 Å². The molecule has 6 nitrogen and oxygen atoms in total. The van der Waals surface area contributed by atoms with E-state index < -0.39 is 18.0 Å². The molecular formula is C16H24N2O4. The molecule has 0 fully saturated rings. The number of rotatable bonds is 6. The molecule has 6 heteroatoms. The quantitative estimate of drug-likeness (QED) is 0.548. The Morgan fingerprint density at radius 1 is 1.41 bits per heavy atom. The van der Waals surface area contributed by atoms with Gasteiger partial charge in [0, 0.05) is 5.69 Å². The molecule has 0 unspecified atom stereocenters. The zero-order chi connectivity index (χ0) is 17.1. The zero-order valence-electron chi connectivity index (χ0n) is 13.3. The van der Waals surface area contributed by atoms with Gasteiger partial charge in [0.1, 0.15) is 12.6 Å². The number of ether oxygens (including phenoxy) is 1. The van der Waals surface area contributed by atoms with Gasteiger partial charge in [-0.25, -0.2) is 0 Å². The first-order valence-electron chi connectivity index (χ1n) is 6.85. The van der Waals surface area contributed by atoms with Crippen LogP contribution in [0, 0.1) is 13.8 Å². The fourth-order valence-electron chi connectivity index (χ4n) is 1.53. The zero-order valence-corrected chi connectivity index (χ0v) is 13.3. The average molecular weight is 308 g/mol. The number of nitrogens with two attached hydrogens (primary N) is 1. The smallest absolute Gasteiger partial charge is 0.325 e. The van der Waals surface area contributed by atoms with Gasteiger partial charge in [0.05, 0.1) is 6.54 Å². The first-order valence-corrected chi connectivity index (χ1v) is 6.85. The van der Waals surface area contributed by atoms with Crippen LogP contribution in [0.15, 0.2) is 30.9 Å². The molecule has 0 radical (unpaired) electrons. The summed E-state index contributed by atoms with van der Waals surface area (Å²) >= 11 is 0. The molecule has 1 aromatic rings. The summed E-state index contributed by atoms with van der Waals surface area (Å²) < 4.78 is 4.46. The molecule has 0 spiro atoms. The number of hydrogen-bond acceptors (Lipinski definition) is 5. The van der Waals surface area contributed by atoms with Crippen molar-refractivity contribution < 1.29 is 19.4 Å². The van der Waals surface area contributed by atoms with Gasteiger partial charge in [-0.15, -0.1) is 0 Å². The number of para-hydroxylation sites is 1. The Kier molecular flexibility index (Phi) is 9.29. The number of benzene rings is 1. The first kappa shape index (κ1) is 19.7. The fourth-order valence-corrected chi connectivity index (χ4v) is 1.53. The van der Waals surface area contributed by atoms with Gasteiger partial charge in [0.2, 0.25) is 0 Å². The van der Waals surface area contributed by atoms with Crippen LogP contribution in [0.25, 0.3) is 0 Å². The maximum Gasteiger partial charge on any atom is 0.325 e. The summed E-state index contributed by atoms with van der Waals surface area (Å²) in [6.45, 7) is 9.09. The average Bonchev–Trinajstić information content (AvgIpc) is 2.48. The monoisotopic (exact) mass is 308 g/mol. The Morgan fingerprint density at radius 3 is 2.36 bits per heavy atom. The Hall–Kier alpha value is -2.34. The molecule has 1 aromatic carbocycles. The Labute approximate surface area is 131 Å². The second-order valence-electron chi connectivity index (χ2n) is 4.65. The highest BCUT2D eigenvalue weighted by molar-refractivity contribution is 5.77. The summed E-state index contributed by atoms with van der Waals surface area (Å²) in [5.41, 5.74) is 7.96. The lowest BCUT2D eigenvalue weighted by molar-refractivity contribution is -0.140. The fraction of sp³-hybridized carbons (Fsp3) is 0.375. The van der Waals surface area contributed by atoms with Crippen LogP contribution in [0.4, 0.5) is 5.69 Å². The largest absolute Gasteiger partial charge is 0.480 e. The molecule has 0 heterocycles. The minimum Gasteiger partial charge on any atom is -0.480 e. The standard InChI is InChI=1S/C11H15NO2.C5H9NO2/c1-7-5-4-6-8(2)10(7)12-9(3)11(13)14;1-2-3-8-5(7)4-6/h4-6,9,12H,1-3H3,(H,13,14);2H,1,3-4,6H2/t9-;/m0./s1. The number of aliphatic carboxylic acids is 1. The minimum atomic E-state index is -0.840. The van der Waals surface area contributed by atoms with Crippen LogP contribution >= 0.6 is 0 Å². The normalized spacial score (nSPS) is 10.7. The summed E-state index contributed by atoms with van der Waals surface area (Å²) in [7, 11) is 0. The van der Waals surface area contributed by atoms with Crippen LogP contribution in [-0.2, 0) is 14.3 Å². The van der Waals surface area contributed by atoms with E-state index in [1.807, 2.05) is 32.0 Å². The molecule has 0 aliphatic rings. The molecule has 0 saturated carbocycles. The topological polar surface area (TPSA) is 102 Å². The highest BCUT2D eigenvalue weighted by Crippen LogP contribution is 2.20. The molecule has 0 aliphatic heterocycles. The molecule has 0 amide bonds. The van der Waals surface area contributed by atoms with E-state index in [9.17, 15) is 9.59 Å². The van der Waals surface area contributed by atoms with Crippen LogP contribution in [0.3, 0.4) is 0 Å². The number of carbonyl (C=O) groups is 2. The molecule has 0 aliphatic carbocycles. The van der Waals surface area contributed by atoms with E-state index in [1.54, 1.807) is 6.92 Å². The second kappa shape index (κ2) is 10.4. The van der Waals surface area contributed by atoms with Gasteiger partial charge in [-0.1, -0.05) is 30.9 Å². The van der Waals surface area contributed by atoms with E-state index in [0.717, 1.165) is 16.8 Å². The molecule has 22 heavy (non-hydrogen) atoms. The van der Waals surface area contributed by atoms with Crippen molar-refractivity contribution in [3.8, 4) is 0 Å². The number of nitrogens with one attached hydrogen (secondary N) is 1. The Bertz CT molecular complexity index is 495. The summed E-state index contributed by atoms with van der Waals surface area (Å²) in [5.74, 6) is -1.24. The third-order valence-corrected chi connectivity index (χ3v) is 2.74. The Morgan fingerprint density at radius 2 is 1.95 bits per heavy atom. The lowest BCUT2D eigenvalue weighted by Gasteiger charge is -2.15. The van der Waals surface area contributed by atoms with Crippen molar-refractivity contribution >= 4 is 17.6 Å². The molecule has 0 aromatic heterocycles. The highest BCUT2D eigenvalue weighted by atomic mass is 16.5. The van der Waals surface area contributed by atoms with E-state index >= 15 is 0 Å². The van der Waals surface area contributed by atoms with Crippen molar-refractivity contribution in [2.75, 3.05) is 18.5 Å². The number of carbonyl (C=O) groups excluding carboxylic acids is 1. The predicted molar refractivity (Wildman–Crippen MR) is 86.8 cm³/mol. The lowest BCUT2D eigenvalue weighted by Crippen LogP contribution is -2.26. The number of aryl methyl sites for hydroxylation is 2. The maximum atomic E-state index is 10.7. The summed E-state index contributed by atoms with van der Waals surface area (Å²) in [6, 6.07) is 5.32. The third kappa shape index (κ3) is 7.44. The molecule has 122 valence electrons. The van der Waals surface area contributed by atoms with E-state index in [-0.39, 0.29) is 13.2 Å².